The van der Waals surface area contributed by atoms with Crippen molar-refractivity contribution in [1.82, 2.24) is 14.5 Å². The number of carbonyl (C=O) groups excluding carboxylic acids is 1. The van der Waals surface area contributed by atoms with Crippen molar-refractivity contribution in [2.75, 3.05) is 11.9 Å². The standard InChI is InChI=1S/C16H17F3N6O/c1-10-14(24(3)8-22-10)11-4-5-12(16(17,18)19)23-15(11)25(9-26)13(21-2)6-7-20/h4-9H,20H2,1-3H3. The Bertz CT molecular complexity index is 850. The van der Waals surface area contributed by atoms with Crippen LogP contribution in [-0.2, 0) is 18.0 Å². The van der Waals surface area contributed by atoms with E-state index in [-0.39, 0.29) is 11.7 Å². The summed E-state index contributed by atoms with van der Waals surface area (Å²) in [4.78, 5) is 24.3. The molecule has 0 spiro atoms. The zero-order valence-corrected chi connectivity index (χ0v) is 14.3. The number of aliphatic imine (C=N–C) groups is 1. The second-order valence-corrected chi connectivity index (χ2v) is 5.27. The number of hydrogen-bond acceptors (Lipinski definition) is 5. The van der Waals surface area contributed by atoms with Crippen LogP contribution >= 0.6 is 0 Å². The zero-order valence-electron chi connectivity index (χ0n) is 14.3. The summed E-state index contributed by atoms with van der Waals surface area (Å²) in [6, 6.07) is 2.11. The number of amidine groups is 1. The number of aryl methyl sites for hydroxylation is 2. The molecule has 0 aliphatic carbocycles. The Hall–Kier alpha value is -3.17. The minimum Gasteiger partial charge on any atom is -0.404 e. The van der Waals surface area contributed by atoms with E-state index in [1.807, 2.05) is 0 Å². The predicted molar refractivity (Wildman–Crippen MR) is 91.4 cm³/mol. The maximum atomic E-state index is 13.1. The fourth-order valence-electron chi connectivity index (χ4n) is 2.47. The molecule has 0 fully saturated rings. The average molecular weight is 366 g/mol. The summed E-state index contributed by atoms with van der Waals surface area (Å²) in [5, 5.41) is 0. The summed E-state index contributed by atoms with van der Waals surface area (Å²) in [7, 11) is 3.07. The third-order valence-electron chi connectivity index (χ3n) is 3.60. The van der Waals surface area contributed by atoms with E-state index in [0.29, 0.717) is 23.4 Å². The first-order chi connectivity index (χ1) is 12.2. The van der Waals surface area contributed by atoms with Gasteiger partial charge >= 0.3 is 6.18 Å². The first-order valence-corrected chi connectivity index (χ1v) is 7.40. The Kier molecular flexibility index (Phi) is 5.44. The van der Waals surface area contributed by atoms with Crippen LogP contribution in [0.15, 0.2) is 35.7 Å². The van der Waals surface area contributed by atoms with Crippen molar-refractivity contribution in [3.8, 4) is 11.3 Å². The predicted octanol–water partition coefficient (Wildman–Crippen LogP) is 2.27. The van der Waals surface area contributed by atoms with Crippen LogP contribution in [0, 0.1) is 6.92 Å². The van der Waals surface area contributed by atoms with Gasteiger partial charge in [-0.3, -0.25) is 14.7 Å². The molecule has 26 heavy (non-hydrogen) atoms. The highest BCUT2D eigenvalue weighted by molar-refractivity contribution is 6.16. The first kappa shape index (κ1) is 19.2. The molecule has 0 bridgehead atoms. The Morgan fingerprint density at radius 1 is 1.38 bits per heavy atom. The number of amides is 1. The van der Waals surface area contributed by atoms with Gasteiger partial charge in [0.1, 0.15) is 11.5 Å². The van der Waals surface area contributed by atoms with E-state index in [4.69, 9.17) is 5.73 Å². The van der Waals surface area contributed by atoms with Crippen molar-refractivity contribution in [2.45, 2.75) is 13.1 Å². The van der Waals surface area contributed by atoms with Gasteiger partial charge in [0.05, 0.1) is 17.7 Å². The van der Waals surface area contributed by atoms with E-state index < -0.39 is 11.9 Å². The van der Waals surface area contributed by atoms with Crippen LogP contribution in [0.3, 0.4) is 0 Å². The number of imidazole rings is 1. The summed E-state index contributed by atoms with van der Waals surface area (Å²) in [5.74, 6) is -0.185. The van der Waals surface area contributed by atoms with E-state index in [2.05, 4.69) is 15.0 Å². The minimum atomic E-state index is -4.67. The molecule has 0 radical (unpaired) electrons. The summed E-state index contributed by atoms with van der Waals surface area (Å²) in [5.41, 5.74) is 5.61. The van der Waals surface area contributed by atoms with Gasteiger partial charge in [-0.25, -0.2) is 9.97 Å². The van der Waals surface area contributed by atoms with Crippen LogP contribution in [0.25, 0.3) is 11.3 Å². The molecule has 0 aliphatic rings. The van der Waals surface area contributed by atoms with Gasteiger partial charge in [0.2, 0.25) is 6.41 Å². The molecular formula is C16H17F3N6O. The van der Waals surface area contributed by atoms with Crippen LogP contribution in [-0.4, -0.2) is 33.8 Å². The topological polar surface area (TPSA) is 89.4 Å². The van der Waals surface area contributed by atoms with Crippen LogP contribution in [0.5, 0.6) is 0 Å². The number of pyridine rings is 1. The van der Waals surface area contributed by atoms with E-state index in [1.165, 1.54) is 25.5 Å². The van der Waals surface area contributed by atoms with E-state index in [1.54, 1.807) is 18.5 Å². The number of anilines is 1. The molecule has 0 saturated heterocycles. The van der Waals surface area contributed by atoms with Gasteiger partial charge in [0, 0.05) is 19.7 Å². The van der Waals surface area contributed by atoms with E-state index in [0.717, 1.165) is 17.2 Å². The summed E-state index contributed by atoms with van der Waals surface area (Å²) < 4.78 is 41.1. The molecule has 10 heteroatoms. The van der Waals surface area contributed by atoms with Gasteiger partial charge in [0.15, 0.2) is 5.82 Å². The molecule has 0 unspecified atom stereocenters. The molecule has 0 aliphatic heterocycles. The van der Waals surface area contributed by atoms with Crippen molar-refractivity contribution < 1.29 is 18.0 Å². The fraction of sp³-hybridized carbons (Fsp3) is 0.250. The number of rotatable bonds is 4. The van der Waals surface area contributed by atoms with Crippen molar-refractivity contribution in [3.63, 3.8) is 0 Å². The molecule has 0 aromatic carbocycles. The monoisotopic (exact) mass is 366 g/mol. The lowest BCUT2D eigenvalue weighted by Gasteiger charge is -2.21. The SMILES string of the molecule is CN=C(C=CN)N(C=O)c1nc(C(F)(F)F)ccc1-c1c(C)ncn1C. The number of nitrogens with two attached hydrogens (primary N) is 1. The highest BCUT2D eigenvalue weighted by atomic mass is 19.4. The lowest BCUT2D eigenvalue weighted by atomic mass is 10.1. The first-order valence-electron chi connectivity index (χ1n) is 7.40. The van der Waals surface area contributed by atoms with Crippen molar-refractivity contribution in [2.24, 2.45) is 17.8 Å². The number of halogens is 3. The van der Waals surface area contributed by atoms with Crippen molar-refractivity contribution >= 4 is 18.1 Å². The second-order valence-electron chi connectivity index (χ2n) is 5.27. The van der Waals surface area contributed by atoms with Crippen molar-refractivity contribution in [1.29, 1.82) is 0 Å². The minimum absolute atomic E-state index is 0.0374. The summed E-state index contributed by atoms with van der Waals surface area (Å²) >= 11 is 0. The van der Waals surface area contributed by atoms with Crippen LogP contribution in [0.4, 0.5) is 19.0 Å². The Labute approximate surface area is 147 Å². The normalized spacial score (nSPS) is 12.6. The third-order valence-corrected chi connectivity index (χ3v) is 3.60. The fourth-order valence-corrected chi connectivity index (χ4v) is 2.47. The molecule has 2 aromatic heterocycles. The quantitative estimate of drug-likeness (QED) is 0.511. The molecule has 138 valence electrons. The van der Waals surface area contributed by atoms with Gasteiger partial charge in [-0.15, -0.1) is 0 Å². The largest absolute Gasteiger partial charge is 0.433 e. The van der Waals surface area contributed by atoms with Gasteiger partial charge in [-0.1, -0.05) is 0 Å². The molecule has 0 atom stereocenters. The molecule has 0 saturated carbocycles. The van der Waals surface area contributed by atoms with E-state index >= 15 is 0 Å². The summed E-state index contributed by atoms with van der Waals surface area (Å²) in [6.07, 6.45) is -0.403. The maximum absolute atomic E-state index is 13.1. The maximum Gasteiger partial charge on any atom is 0.433 e. The number of hydrogen-bond donors (Lipinski definition) is 1. The second kappa shape index (κ2) is 7.38. The molecule has 1 amide bonds. The smallest absolute Gasteiger partial charge is 0.404 e. The van der Waals surface area contributed by atoms with Gasteiger partial charge in [0.25, 0.3) is 0 Å². The summed E-state index contributed by atoms with van der Waals surface area (Å²) in [6.45, 7) is 1.71. The van der Waals surface area contributed by atoms with Crippen LogP contribution < -0.4 is 10.6 Å². The van der Waals surface area contributed by atoms with Gasteiger partial charge < -0.3 is 10.3 Å². The highest BCUT2D eigenvalue weighted by Crippen LogP contribution is 2.35. The Balaban J connectivity index is 2.80. The van der Waals surface area contributed by atoms with Crippen molar-refractivity contribution in [3.05, 3.63) is 42.1 Å². The molecular weight excluding hydrogens is 349 g/mol. The van der Waals surface area contributed by atoms with Gasteiger partial charge in [-0.05, 0) is 31.3 Å². The van der Waals surface area contributed by atoms with Crippen LogP contribution in [0.2, 0.25) is 0 Å². The molecule has 2 heterocycles. The van der Waals surface area contributed by atoms with Gasteiger partial charge in [-0.2, -0.15) is 13.2 Å². The molecule has 7 nitrogen and oxygen atoms in total. The molecule has 2 aromatic rings. The Morgan fingerprint density at radius 2 is 2.08 bits per heavy atom. The number of alkyl halides is 3. The lowest BCUT2D eigenvalue weighted by molar-refractivity contribution is -0.141. The third kappa shape index (κ3) is 3.58. The lowest BCUT2D eigenvalue weighted by Crippen LogP contribution is -2.30. The molecule has 2 N–H and O–H groups in total. The number of aromatic nitrogens is 3. The number of carbonyl (C=O) groups is 1. The Morgan fingerprint density at radius 3 is 2.54 bits per heavy atom. The van der Waals surface area contributed by atoms with Crippen LogP contribution in [0.1, 0.15) is 11.4 Å². The van der Waals surface area contributed by atoms with E-state index in [9.17, 15) is 18.0 Å². The average Bonchev–Trinajstić information content (AvgIpc) is 2.92. The highest BCUT2D eigenvalue weighted by Gasteiger charge is 2.34. The zero-order chi connectivity index (χ0) is 19.5. The molecule has 2 rings (SSSR count). The number of nitrogens with zero attached hydrogens (tertiary/aromatic N) is 5.